The zero-order valence-electron chi connectivity index (χ0n) is 16.6. The van der Waals surface area contributed by atoms with Crippen LogP contribution < -0.4 is 5.32 Å². The van der Waals surface area contributed by atoms with Crippen molar-refractivity contribution in [3.8, 4) is 11.3 Å². The molecule has 2 heterocycles. The third-order valence-electron chi connectivity index (χ3n) is 4.82. The fourth-order valence-electron chi connectivity index (χ4n) is 3.35. The second-order valence-corrected chi connectivity index (χ2v) is 8.44. The number of rotatable bonds is 6. The van der Waals surface area contributed by atoms with Crippen molar-refractivity contribution in [2.45, 2.75) is 10.6 Å². The molecule has 3 aromatic carbocycles. The number of hydrogen-bond acceptors (Lipinski definition) is 5. The summed E-state index contributed by atoms with van der Waals surface area (Å²) in [4.78, 5) is 9.69. The number of hydrogen-bond donors (Lipinski definition) is 1. The molecule has 0 bridgehead atoms. The first-order valence-electron chi connectivity index (χ1n) is 9.82. The van der Waals surface area contributed by atoms with Crippen LogP contribution in [-0.2, 0) is 16.6 Å². The monoisotopic (exact) mass is 425 g/mol. The second kappa shape index (κ2) is 8.49. The molecule has 0 saturated heterocycles. The molecule has 6 nitrogen and oxygen atoms in total. The molecule has 7 heteroatoms. The van der Waals surface area contributed by atoms with Crippen LogP contribution in [0.25, 0.3) is 17.0 Å². The lowest BCUT2D eigenvalue weighted by atomic mass is 10.1. The standard InChI is InChI=1S/C24H19N5OS/c30-31(21-12-5-2-6-13-21)16-18-8-7-11-20(14-18)27-23-15-22(19-9-3-1-4-10-19)28-24-25-17-26-29(23)24/h1-15,17,27H,16H2. The number of fused-ring (bicyclic) bond motifs is 1. The Morgan fingerprint density at radius 1 is 0.871 bits per heavy atom. The summed E-state index contributed by atoms with van der Waals surface area (Å²) in [7, 11) is -1.10. The number of benzene rings is 3. The van der Waals surface area contributed by atoms with E-state index in [0.717, 1.165) is 33.2 Å². The van der Waals surface area contributed by atoms with E-state index in [2.05, 4.69) is 20.4 Å². The first kappa shape index (κ1) is 19.1. The Balaban J connectivity index is 1.44. The third kappa shape index (κ3) is 4.22. The average Bonchev–Trinajstić information content (AvgIpc) is 3.30. The van der Waals surface area contributed by atoms with E-state index in [1.165, 1.54) is 6.33 Å². The molecule has 1 atom stereocenters. The molecule has 5 rings (SSSR count). The molecule has 31 heavy (non-hydrogen) atoms. The predicted molar refractivity (Wildman–Crippen MR) is 122 cm³/mol. The minimum Gasteiger partial charge on any atom is -0.340 e. The Morgan fingerprint density at radius 3 is 2.45 bits per heavy atom. The van der Waals surface area contributed by atoms with Gasteiger partial charge in [-0.15, -0.1) is 0 Å². The molecule has 1 N–H and O–H groups in total. The Bertz CT molecular complexity index is 1350. The van der Waals surface area contributed by atoms with Crippen molar-refractivity contribution in [3.05, 3.63) is 103 Å². The zero-order chi connectivity index (χ0) is 21.0. The molecule has 0 aliphatic heterocycles. The lowest BCUT2D eigenvalue weighted by molar-refractivity contribution is 0.682. The van der Waals surface area contributed by atoms with E-state index < -0.39 is 10.8 Å². The van der Waals surface area contributed by atoms with E-state index in [1.807, 2.05) is 91.0 Å². The highest BCUT2D eigenvalue weighted by molar-refractivity contribution is 7.84. The van der Waals surface area contributed by atoms with Gasteiger partial charge in [0.2, 0.25) is 0 Å². The van der Waals surface area contributed by atoms with Gasteiger partial charge in [-0.25, -0.2) is 4.98 Å². The fraction of sp³-hybridized carbons (Fsp3) is 0.0417. The molecule has 0 fully saturated rings. The smallest absolute Gasteiger partial charge is 0.254 e. The van der Waals surface area contributed by atoms with Crippen molar-refractivity contribution >= 4 is 28.1 Å². The van der Waals surface area contributed by atoms with Crippen LogP contribution in [0.1, 0.15) is 5.56 Å². The Hall–Kier alpha value is -3.84. The molecule has 0 radical (unpaired) electrons. The normalized spacial score (nSPS) is 12.0. The minimum absolute atomic E-state index is 0.448. The van der Waals surface area contributed by atoms with Gasteiger partial charge in [0.25, 0.3) is 5.78 Å². The van der Waals surface area contributed by atoms with Gasteiger partial charge in [0.05, 0.1) is 22.2 Å². The number of anilines is 2. The number of nitrogens with one attached hydrogen (secondary N) is 1. The predicted octanol–water partition coefficient (Wildman–Crippen LogP) is 4.84. The van der Waals surface area contributed by atoms with Crippen molar-refractivity contribution in [2.75, 3.05) is 5.32 Å². The molecule has 0 aliphatic carbocycles. The van der Waals surface area contributed by atoms with Crippen LogP contribution in [0.5, 0.6) is 0 Å². The van der Waals surface area contributed by atoms with Gasteiger partial charge in [-0.3, -0.25) is 4.21 Å². The first-order valence-corrected chi connectivity index (χ1v) is 11.1. The van der Waals surface area contributed by atoms with Gasteiger partial charge in [0, 0.05) is 22.2 Å². The number of nitrogens with zero attached hydrogens (tertiary/aromatic N) is 4. The Labute approximate surface area is 182 Å². The van der Waals surface area contributed by atoms with Crippen LogP contribution in [0.2, 0.25) is 0 Å². The van der Waals surface area contributed by atoms with Gasteiger partial charge in [0.15, 0.2) is 0 Å². The maximum Gasteiger partial charge on any atom is 0.254 e. The molecular formula is C24H19N5OS. The summed E-state index contributed by atoms with van der Waals surface area (Å²) in [5.41, 5.74) is 3.68. The lowest BCUT2D eigenvalue weighted by Gasteiger charge is -2.11. The van der Waals surface area contributed by atoms with Crippen LogP contribution >= 0.6 is 0 Å². The third-order valence-corrected chi connectivity index (χ3v) is 6.22. The van der Waals surface area contributed by atoms with E-state index in [1.54, 1.807) is 4.52 Å². The summed E-state index contributed by atoms with van der Waals surface area (Å²) in [6.45, 7) is 0. The molecule has 0 saturated carbocycles. The summed E-state index contributed by atoms with van der Waals surface area (Å²) in [6.07, 6.45) is 1.49. The summed E-state index contributed by atoms with van der Waals surface area (Å²) in [6, 6.07) is 29.3. The summed E-state index contributed by atoms with van der Waals surface area (Å²) < 4.78 is 14.4. The molecule has 152 valence electrons. The van der Waals surface area contributed by atoms with E-state index in [0.29, 0.717) is 11.5 Å². The van der Waals surface area contributed by atoms with Crippen molar-refractivity contribution in [1.82, 2.24) is 19.6 Å². The number of aromatic nitrogens is 4. The van der Waals surface area contributed by atoms with Crippen LogP contribution in [0.15, 0.2) is 102 Å². The largest absolute Gasteiger partial charge is 0.340 e. The van der Waals surface area contributed by atoms with Crippen LogP contribution in [0.3, 0.4) is 0 Å². The topological polar surface area (TPSA) is 72.2 Å². The Morgan fingerprint density at radius 2 is 1.65 bits per heavy atom. The van der Waals surface area contributed by atoms with Gasteiger partial charge in [0.1, 0.15) is 12.1 Å². The van der Waals surface area contributed by atoms with Gasteiger partial charge in [-0.2, -0.15) is 14.6 Å². The molecular weight excluding hydrogens is 406 g/mol. The molecule has 0 spiro atoms. The van der Waals surface area contributed by atoms with Gasteiger partial charge < -0.3 is 5.32 Å². The van der Waals surface area contributed by atoms with Gasteiger partial charge in [-0.05, 0) is 29.8 Å². The minimum atomic E-state index is -1.10. The average molecular weight is 426 g/mol. The second-order valence-electron chi connectivity index (χ2n) is 6.99. The van der Waals surface area contributed by atoms with Crippen molar-refractivity contribution in [3.63, 3.8) is 0 Å². The fourth-order valence-corrected chi connectivity index (χ4v) is 4.46. The van der Waals surface area contributed by atoms with Gasteiger partial charge in [-0.1, -0.05) is 60.7 Å². The highest BCUT2D eigenvalue weighted by atomic mass is 32.2. The zero-order valence-corrected chi connectivity index (χ0v) is 17.4. The maximum absolute atomic E-state index is 12.7. The van der Waals surface area contributed by atoms with Crippen LogP contribution in [0, 0.1) is 0 Å². The van der Waals surface area contributed by atoms with Gasteiger partial charge >= 0.3 is 0 Å². The van der Waals surface area contributed by atoms with E-state index >= 15 is 0 Å². The summed E-state index contributed by atoms with van der Waals surface area (Å²) >= 11 is 0. The highest BCUT2D eigenvalue weighted by Crippen LogP contribution is 2.24. The lowest BCUT2D eigenvalue weighted by Crippen LogP contribution is -2.03. The maximum atomic E-state index is 12.7. The Kier molecular flexibility index (Phi) is 5.24. The molecule has 0 amide bonds. The quantitative estimate of drug-likeness (QED) is 0.421. The molecule has 2 aromatic heterocycles. The van der Waals surface area contributed by atoms with Crippen LogP contribution in [-0.4, -0.2) is 23.8 Å². The van der Waals surface area contributed by atoms with E-state index in [-0.39, 0.29) is 0 Å². The van der Waals surface area contributed by atoms with E-state index in [9.17, 15) is 4.21 Å². The first-order chi connectivity index (χ1) is 15.3. The SMILES string of the molecule is O=S(Cc1cccc(Nc2cc(-c3ccccc3)nc3ncnn23)c1)c1ccccc1. The molecule has 1 unspecified atom stereocenters. The molecule has 5 aromatic rings. The van der Waals surface area contributed by atoms with Crippen molar-refractivity contribution in [1.29, 1.82) is 0 Å². The summed E-state index contributed by atoms with van der Waals surface area (Å²) in [5, 5.41) is 7.71. The highest BCUT2D eigenvalue weighted by Gasteiger charge is 2.10. The van der Waals surface area contributed by atoms with E-state index in [4.69, 9.17) is 0 Å². The van der Waals surface area contributed by atoms with Crippen molar-refractivity contribution in [2.24, 2.45) is 0 Å². The summed E-state index contributed by atoms with van der Waals surface area (Å²) in [5.74, 6) is 1.72. The molecule has 0 aliphatic rings. The van der Waals surface area contributed by atoms with Crippen LogP contribution in [0.4, 0.5) is 11.5 Å². The van der Waals surface area contributed by atoms with Crippen molar-refractivity contribution < 1.29 is 4.21 Å².